The lowest BCUT2D eigenvalue weighted by molar-refractivity contribution is 0.134. The van der Waals surface area contributed by atoms with E-state index in [0.29, 0.717) is 6.04 Å². The van der Waals surface area contributed by atoms with Crippen molar-refractivity contribution in [3.8, 4) is 0 Å². The van der Waals surface area contributed by atoms with Gasteiger partial charge in [-0.3, -0.25) is 0 Å². The maximum Gasteiger partial charge on any atom is 0.0949 e. The van der Waals surface area contributed by atoms with Gasteiger partial charge in [0.1, 0.15) is 0 Å². The van der Waals surface area contributed by atoms with Gasteiger partial charge < -0.3 is 10.4 Å². The number of nitrogens with one attached hydrogen (secondary N) is 1. The van der Waals surface area contributed by atoms with Crippen molar-refractivity contribution in [2.45, 2.75) is 43.9 Å². The highest BCUT2D eigenvalue weighted by molar-refractivity contribution is 5.86. The Hall–Kier alpha value is -1.38. The Balaban J connectivity index is 1.66. The molecule has 2 aromatic rings. The lowest BCUT2D eigenvalue weighted by Crippen LogP contribution is -2.33. The van der Waals surface area contributed by atoms with Gasteiger partial charge in [0.05, 0.1) is 6.10 Å². The molecular formula is C18H21NO. The Bertz CT molecular complexity index is 606. The van der Waals surface area contributed by atoms with Crippen molar-refractivity contribution in [3.63, 3.8) is 0 Å². The summed E-state index contributed by atoms with van der Waals surface area (Å²) in [5.41, 5.74) is 1.07. The molecule has 0 radical (unpaired) electrons. The minimum Gasteiger partial charge on any atom is -0.387 e. The predicted molar refractivity (Wildman–Crippen MR) is 81.6 cm³/mol. The minimum absolute atomic E-state index is 0.219. The Morgan fingerprint density at radius 1 is 1.05 bits per heavy atom. The number of fused-ring (bicyclic) bond motifs is 2. The number of aliphatic hydroxyl groups excluding tert-OH is 1. The lowest BCUT2D eigenvalue weighted by atomic mass is 9.93. The van der Waals surface area contributed by atoms with Crippen LogP contribution in [-0.2, 0) is 0 Å². The largest absolute Gasteiger partial charge is 0.387 e. The average Bonchev–Trinajstić information content (AvgIpc) is 3.07. The van der Waals surface area contributed by atoms with Crippen LogP contribution in [0.25, 0.3) is 10.8 Å². The molecule has 2 heteroatoms. The van der Waals surface area contributed by atoms with Crippen molar-refractivity contribution in [1.29, 1.82) is 0 Å². The third kappa shape index (κ3) is 1.95. The van der Waals surface area contributed by atoms with Gasteiger partial charge >= 0.3 is 0 Å². The van der Waals surface area contributed by atoms with E-state index in [9.17, 15) is 5.11 Å². The van der Waals surface area contributed by atoms with Gasteiger partial charge in [0, 0.05) is 12.1 Å². The highest BCUT2D eigenvalue weighted by atomic mass is 16.3. The van der Waals surface area contributed by atoms with Gasteiger partial charge in [0.2, 0.25) is 0 Å². The van der Waals surface area contributed by atoms with Gasteiger partial charge in [-0.1, -0.05) is 48.9 Å². The Labute approximate surface area is 119 Å². The van der Waals surface area contributed by atoms with Crippen molar-refractivity contribution in [2.75, 3.05) is 0 Å². The fourth-order valence-corrected chi connectivity index (χ4v) is 4.15. The van der Waals surface area contributed by atoms with Crippen molar-refractivity contribution >= 4 is 10.8 Å². The van der Waals surface area contributed by atoms with Crippen LogP contribution >= 0.6 is 0 Å². The molecule has 2 aromatic carbocycles. The van der Waals surface area contributed by atoms with E-state index in [2.05, 4.69) is 47.8 Å². The number of hydrogen-bond donors (Lipinski definition) is 2. The molecule has 1 saturated heterocycles. The van der Waals surface area contributed by atoms with E-state index in [1.165, 1.54) is 30.0 Å². The summed E-state index contributed by atoms with van der Waals surface area (Å²) in [6, 6.07) is 15.4. The van der Waals surface area contributed by atoms with Gasteiger partial charge in [0.15, 0.2) is 0 Å². The van der Waals surface area contributed by atoms with E-state index < -0.39 is 6.10 Å². The monoisotopic (exact) mass is 267 g/mol. The van der Waals surface area contributed by atoms with E-state index in [0.717, 1.165) is 17.9 Å². The molecule has 2 aliphatic rings. The molecule has 0 amide bonds. The molecule has 2 fully saturated rings. The Kier molecular flexibility index (Phi) is 3.01. The van der Waals surface area contributed by atoms with Gasteiger partial charge in [-0.25, -0.2) is 0 Å². The molecule has 2 nitrogen and oxygen atoms in total. The standard InChI is InChI=1S/C18H21NO/c20-18(17-11-13-7-4-10-16(13)19-17)15-9-3-6-12-5-1-2-8-14(12)15/h1-3,5-6,8-9,13,16-20H,4,7,10-11H2/t13-,16-,17-,18+/m1/s1. The SMILES string of the molecule is O[C@@H](c1cccc2ccccc12)[C@H]1C[C@H]2CCC[C@H]2N1. The number of benzene rings is 2. The molecule has 2 N–H and O–H groups in total. The quantitative estimate of drug-likeness (QED) is 0.874. The molecule has 0 aromatic heterocycles. The molecule has 104 valence electrons. The summed E-state index contributed by atoms with van der Waals surface area (Å²) >= 11 is 0. The third-order valence-electron chi connectivity index (χ3n) is 5.17. The highest BCUT2D eigenvalue weighted by Gasteiger charge is 2.39. The minimum atomic E-state index is -0.397. The number of hydrogen-bond acceptors (Lipinski definition) is 2. The fraction of sp³-hybridized carbons (Fsp3) is 0.444. The van der Waals surface area contributed by atoms with Crippen LogP contribution in [0.5, 0.6) is 0 Å². The van der Waals surface area contributed by atoms with E-state index in [1.54, 1.807) is 0 Å². The zero-order valence-corrected chi connectivity index (χ0v) is 11.6. The molecule has 0 bridgehead atoms. The maximum absolute atomic E-state index is 10.8. The first-order valence-corrected chi connectivity index (χ1v) is 7.75. The summed E-state index contributed by atoms with van der Waals surface area (Å²) in [5.74, 6) is 0.782. The molecular weight excluding hydrogens is 246 g/mol. The zero-order valence-electron chi connectivity index (χ0n) is 11.6. The van der Waals surface area contributed by atoms with E-state index >= 15 is 0 Å². The number of aliphatic hydroxyl groups is 1. The van der Waals surface area contributed by atoms with Crippen LogP contribution in [0.1, 0.15) is 37.4 Å². The summed E-state index contributed by atoms with van der Waals surface area (Å²) in [4.78, 5) is 0. The molecule has 0 spiro atoms. The van der Waals surface area contributed by atoms with Crippen molar-refractivity contribution in [2.24, 2.45) is 5.92 Å². The second-order valence-corrected chi connectivity index (χ2v) is 6.32. The summed E-state index contributed by atoms with van der Waals surface area (Å²) in [7, 11) is 0. The first kappa shape index (κ1) is 12.4. The summed E-state index contributed by atoms with van der Waals surface area (Å²) in [5, 5.41) is 16.9. The normalized spacial score (nSPS) is 30.6. The van der Waals surface area contributed by atoms with Crippen LogP contribution in [-0.4, -0.2) is 17.2 Å². The van der Waals surface area contributed by atoms with Crippen LogP contribution in [0.2, 0.25) is 0 Å². The van der Waals surface area contributed by atoms with Gasteiger partial charge in [-0.05, 0) is 41.5 Å². The Morgan fingerprint density at radius 3 is 2.80 bits per heavy atom. The molecule has 1 aliphatic heterocycles. The van der Waals surface area contributed by atoms with Crippen LogP contribution in [0.3, 0.4) is 0 Å². The van der Waals surface area contributed by atoms with Gasteiger partial charge in [0.25, 0.3) is 0 Å². The van der Waals surface area contributed by atoms with Crippen LogP contribution < -0.4 is 5.32 Å². The van der Waals surface area contributed by atoms with Crippen LogP contribution in [0.4, 0.5) is 0 Å². The lowest BCUT2D eigenvalue weighted by Gasteiger charge is -2.21. The second kappa shape index (κ2) is 4.87. The summed E-state index contributed by atoms with van der Waals surface area (Å²) in [6.45, 7) is 0. The van der Waals surface area contributed by atoms with Gasteiger partial charge in [-0.15, -0.1) is 0 Å². The average molecular weight is 267 g/mol. The fourth-order valence-electron chi connectivity index (χ4n) is 4.15. The second-order valence-electron chi connectivity index (χ2n) is 6.32. The maximum atomic E-state index is 10.8. The van der Waals surface area contributed by atoms with Crippen molar-refractivity contribution in [3.05, 3.63) is 48.0 Å². The smallest absolute Gasteiger partial charge is 0.0949 e. The van der Waals surface area contributed by atoms with E-state index in [-0.39, 0.29) is 6.04 Å². The summed E-state index contributed by atoms with van der Waals surface area (Å²) < 4.78 is 0. The number of rotatable bonds is 2. The van der Waals surface area contributed by atoms with Crippen molar-refractivity contribution in [1.82, 2.24) is 5.32 Å². The highest BCUT2D eigenvalue weighted by Crippen LogP contribution is 2.39. The topological polar surface area (TPSA) is 32.3 Å². The first-order valence-electron chi connectivity index (χ1n) is 7.75. The molecule has 4 rings (SSSR count). The van der Waals surface area contributed by atoms with Crippen LogP contribution in [0.15, 0.2) is 42.5 Å². The van der Waals surface area contributed by atoms with E-state index in [1.807, 2.05) is 0 Å². The van der Waals surface area contributed by atoms with Crippen molar-refractivity contribution < 1.29 is 5.11 Å². The third-order valence-corrected chi connectivity index (χ3v) is 5.17. The molecule has 20 heavy (non-hydrogen) atoms. The zero-order chi connectivity index (χ0) is 13.5. The van der Waals surface area contributed by atoms with Crippen LogP contribution in [0, 0.1) is 5.92 Å². The molecule has 1 saturated carbocycles. The van der Waals surface area contributed by atoms with Gasteiger partial charge in [-0.2, -0.15) is 0 Å². The summed E-state index contributed by atoms with van der Waals surface area (Å²) in [6.07, 6.45) is 4.68. The Morgan fingerprint density at radius 2 is 1.90 bits per heavy atom. The molecule has 4 atom stereocenters. The van der Waals surface area contributed by atoms with E-state index in [4.69, 9.17) is 0 Å². The predicted octanol–water partition coefficient (Wildman–Crippen LogP) is 3.40. The first-order chi connectivity index (χ1) is 9.83. The molecule has 0 unspecified atom stereocenters. The molecule has 1 aliphatic carbocycles. The molecule has 1 heterocycles.